The van der Waals surface area contributed by atoms with Gasteiger partial charge in [0.2, 0.25) is 0 Å². The Morgan fingerprint density at radius 1 is 0.429 bits per heavy atom. The first-order chi connectivity index (χ1) is 13.3. The summed E-state index contributed by atoms with van der Waals surface area (Å²) in [6, 6.07) is 0. The van der Waals surface area contributed by atoms with E-state index in [-0.39, 0.29) is 32.7 Å². The van der Waals surface area contributed by atoms with Gasteiger partial charge in [-0.3, -0.25) is 0 Å². The minimum atomic E-state index is 0. The van der Waals surface area contributed by atoms with Crippen molar-refractivity contribution in [1.29, 1.82) is 0 Å². The predicted molar refractivity (Wildman–Crippen MR) is 124 cm³/mol. The molecule has 0 saturated heterocycles. The summed E-state index contributed by atoms with van der Waals surface area (Å²) >= 11 is 0. The second-order valence-electron chi connectivity index (χ2n) is 9.88. The summed E-state index contributed by atoms with van der Waals surface area (Å²) < 4.78 is 0. The van der Waals surface area contributed by atoms with Crippen LogP contribution in [0.1, 0.15) is 156 Å². The molecule has 3 aliphatic rings. The van der Waals surface area contributed by atoms with Crippen molar-refractivity contribution in [2.45, 2.75) is 156 Å². The van der Waals surface area contributed by atoms with Crippen LogP contribution >= 0.6 is 0 Å². The number of hydrogen-bond donors (Lipinski definition) is 0. The SMILES string of the molecule is CCCCC1CCCC1.CCCCC1CCCC1.CCCCC1CCCC1.[Y]. The van der Waals surface area contributed by atoms with Gasteiger partial charge < -0.3 is 0 Å². The zero-order valence-corrected chi connectivity index (χ0v) is 23.0. The second-order valence-corrected chi connectivity index (χ2v) is 9.88. The molecule has 165 valence electrons. The average molecular weight is 468 g/mol. The molecule has 0 nitrogen and oxygen atoms in total. The molecule has 0 N–H and O–H groups in total. The van der Waals surface area contributed by atoms with Crippen LogP contribution in [0.2, 0.25) is 0 Å². The van der Waals surface area contributed by atoms with Crippen molar-refractivity contribution in [3.05, 3.63) is 0 Å². The smallest absolute Gasteiger partial charge is 0 e. The molecule has 0 heterocycles. The maximum Gasteiger partial charge on any atom is 0 e. The van der Waals surface area contributed by atoms with Crippen LogP contribution in [-0.4, -0.2) is 0 Å². The van der Waals surface area contributed by atoms with Gasteiger partial charge in [-0.25, -0.2) is 0 Å². The number of hydrogen-bond acceptors (Lipinski definition) is 0. The Morgan fingerprint density at radius 2 is 0.643 bits per heavy atom. The van der Waals surface area contributed by atoms with Crippen molar-refractivity contribution in [2.75, 3.05) is 0 Å². The summed E-state index contributed by atoms with van der Waals surface area (Å²) in [6.45, 7) is 6.86. The van der Waals surface area contributed by atoms with Crippen molar-refractivity contribution in [1.82, 2.24) is 0 Å². The molecule has 0 unspecified atom stereocenters. The normalized spacial score (nSPS) is 20.2. The predicted octanol–water partition coefficient (Wildman–Crippen LogP) is 10.1. The third-order valence-electron chi connectivity index (χ3n) is 7.32. The van der Waals surface area contributed by atoms with Crippen LogP contribution in [0.25, 0.3) is 0 Å². The standard InChI is InChI=1S/3C9H18.Y/c3*1-2-3-6-9-7-4-5-8-9;/h3*9H,2-8H2,1H3;. The maximum atomic E-state index is 2.29. The molecule has 3 fully saturated rings. The van der Waals surface area contributed by atoms with Crippen molar-refractivity contribution in [2.24, 2.45) is 17.8 Å². The minimum Gasteiger partial charge on any atom is -0.0654 e. The first-order valence-corrected chi connectivity index (χ1v) is 13.3. The molecular formula is C27H54Y. The fraction of sp³-hybridized carbons (Fsp3) is 1.00. The van der Waals surface area contributed by atoms with E-state index in [1.807, 2.05) is 0 Å². The first-order valence-electron chi connectivity index (χ1n) is 13.3. The molecule has 0 amide bonds. The summed E-state index contributed by atoms with van der Waals surface area (Å²) in [7, 11) is 0. The monoisotopic (exact) mass is 467 g/mol. The van der Waals surface area contributed by atoms with Crippen molar-refractivity contribution < 1.29 is 32.7 Å². The van der Waals surface area contributed by atoms with Crippen LogP contribution in [0.4, 0.5) is 0 Å². The zero-order chi connectivity index (χ0) is 19.6. The van der Waals surface area contributed by atoms with E-state index >= 15 is 0 Å². The van der Waals surface area contributed by atoms with E-state index in [9.17, 15) is 0 Å². The Hall–Kier alpha value is 1.10. The van der Waals surface area contributed by atoms with Gasteiger partial charge in [-0.2, -0.15) is 0 Å². The molecule has 0 spiro atoms. The van der Waals surface area contributed by atoms with Crippen LogP contribution in [0.5, 0.6) is 0 Å². The third kappa shape index (κ3) is 15.9. The van der Waals surface area contributed by atoms with E-state index in [2.05, 4.69) is 20.8 Å². The molecule has 0 atom stereocenters. The Labute approximate surface area is 205 Å². The summed E-state index contributed by atoms with van der Waals surface area (Å²) in [5.41, 5.74) is 0. The molecule has 1 heteroatoms. The fourth-order valence-corrected chi connectivity index (χ4v) is 5.38. The molecule has 3 saturated carbocycles. The number of rotatable bonds is 9. The van der Waals surface area contributed by atoms with Crippen molar-refractivity contribution >= 4 is 0 Å². The van der Waals surface area contributed by atoms with Gasteiger partial charge in [-0.1, -0.05) is 156 Å². The Bertz CT molecular complexity index is 235. The van der Waals surface area contributed by atoms with E-state index in [1.54, 1.807) is 0 Å². The van der Waals surface area contributed by atoms with Crippen LogP contribution in [0.15, 0.2) is 0 Å². The minimum absolute atomic E-state index is 0. The maximum absolute atomic E-state index is 2.29. The van der Waals surface area contributed by atoms with Crippen LogP contribution in [0.3, 0.4) is 0 Å². The van der Waals surface area contributed by atoms with Gasteiger partial charge in [0.1, 0.15) is 0 Å². The van der Waals surface area contributed by atoms with Gasteiger partial charge in [0, 0.05) is 32.7 Å². The summed E-state index contributed by atoms with van der Waals surface area (Å²) in [5, 5.41) is 0. The van der Waals surface area contributed by atoms with Gasteiger partial charge >= 0.3 is 0 Å². The van der Waals surface area contributed by atoms with Gasteiger partial charge in [0.05, 0.1) is 0 Å². The second kappa shape index (κ2) is 21.3. The van der Waals surface area contributed by atoms with Crippen LogP contribution < -0.4 is 0 Å². The molecule has 0 bridgehead atoms. The van der Waals surface area contributed by atoms with E-state index in [1.165, 1.54) is 135 Å². The summed E-state index contributed by atoms with van der Waals surface area (Å²) in [5.74, 6) is 3.35. The topological polar surface area (TPSA) is 0 Å². The molecule has 1 radical (unpaired) electrons. The quantitative estimate of drug-likeness (QED) is 0.316. The van der Waals surface area contributed by atoms with Crippen molar-refractivity contribution in [3.8, 4) is 0 Å². The Kier molecular flexibility index (Phi) is 22.2. The Balaban J connectivity index is 0.000000384. The summed E-state index contributed by atoms with van der Waals surface area (Å²) in [4.78, 5) is 0. The molecule has 3 aliphatic carbocycles. The molecule has 0 aliphatic heterocycles. The van der Waals surface area contributed by atoms with Gasteiger partial charge in [0.25, 0.3) is 0 Å². The van der Waals surface area contributed by atoms with Crippen LogP contribution in [-0.2, 0) is 32.7 Å². The molecule has 3 rings (SSSR count). The van der Waals surface area contributed by atoms with E-state index in [0.717, 1.165) is 17.8 Å². The first kappa shape index (κ1) is 29.1. The fourth-order valence-electron chi connectivity index (χ4n) is 5.38. The van der Waals surface area contributed by atoms with E-state index in [0.29, 0.717) is 0 Å². The largest absolute Gasteiger partial charge is 0.0654 e. The molecule has 28 heavy (non-hydrogen) atoms. The molecule has 0 aromatic rings. The van der Waals surface area contributed by atoms with E-state index < -0.39 is 0 Å². The molecule has 0 aromatic carbocycles. The molecule has 0 aromatic heterocycles. The van der Waals surface area contributed by atoms with Crippen LogP contribution in [0, 0.1) is 17.8 Å². The van der Waals surface area contributed by atoms with Crippen molar-refractivity contribution in [3.63, 3.8) is 0 Å². The Morgan fingerprint density at radius 3 is 0.821 bits per heavy atom. The van der Waals surface area contributed by atoms with Gasteiger partial charge in [-0.15, -0.1) is 0 Å². The number of unbranched alkanes of at least 4 members (excludes halogenated alkanes) is 3. The average Bonchev–Trinajstić information content (AvgIpc) is 3.47. The molecular weight excluding hydrogens is 413 g/mol. The third-order valence-corrected chi connectivity index (χ3v) is 7.32. The van der Waals surface area contributed by atoms with Gasteiger partial charge in [-0.05, 0) is 17.8 Å². The van der Waals surface area contributed by atoms with Gasteiger partial charge in [0.15, 0.2) is 0 Å². The summed E-state index contributed by atoms with van der Waals surface area (Å²) in [6.07, 6.45) is 31.3. The van der Waals surface area contributed by atoms with E-state index in [4.69, 9.17) is 0 Å². The zero-order valence-electron chi connectivity index (χ0n) is 20.2.